The molecule has 0 spiro atoms. The van der Waals surface area contributed by atoms with Gasteiger partial charge in [0.05, 0.1) is 11.3 Å². The van der Waals surface area contributed by atoms with E-state index in [0.717, 1.165) is 0 Å². The van der Waals surface area contributed by atoms with E-state index in [-0.39, 0.29) is 0 Å². The average Bonchev–Trinajstić information content (AvgIpc) is 2.85. The molecule has 1 saturated carbocycles. The van der Waals surface area contributed by atoms with E-state index in [1.165, 1.54) is 25.7 Å². The second-order valence-electron chi connectivity index (χ2n) is 4.75. The lowest BCUT2D eigenvalue weighted by Crippen LogP contribution is -2.24. The molecule has 0 radical (unpaired) electrons. The molecule has 1 fully saturated rings. The molecular formula is C13H18N4. The zero-order valence-electron chi connectivity index (χ0n) is 10.1. The van der Waals surface area contributed by atoms with Crippen LogP contribution >= 0.6 is 0 Å². The molecule has 1 aliphatic rings. The Morgan fingerprint density at radius 1 is 1.53 bits per heavy atom. The normalized spacial score (nSPS) is 17.6. The van der Waals surface area contributed by atoms with Gasteiger partial charge >= 0.3 is 0 Å². The highest BCUT2D eigenvalue weighted by Crippen LogP contribution is 2.29. The van der Waals surface area contributed by atoms with E-state index in [4.69, 9.17) is 11.0 Å². The Morgan fingerprint density at radius 3 is 2.82 bits per heavy atom. The van der Waals surface area contributed by atoms with Crippen LogP contribution in [0.3, 0.4) is 0 Å². The van der Waals surface area contributed by atoms with Crippen LogP contribution in [0.15, 0.2) is 12.3 Å². The number of nitrogens with one attached hydrogen (secondary N) is 1. The number of hydrogen-bond acceptors (Lipinski definition) is 4. The number of nitrogens with zero attached hydrogens (tertiary/aromatic N) is 2. The lowest BCUT2D eigenvalue weighted by atomic mass is 10.00. The second-order valence-corrected chi connectivity index (χ2v) is 4.75. The standard InChI is InChI=1S/C13H18N4/c1-9(11-4-2-3-5-11)17-13-12(15)6-10(7-14)8-16-13/h6,8-9,11H,2-5,15H2,1H3,(H,16,17). The zero-order valence-corrected chi connectivity index (χ0v) is 10.1. The maximum absolute atomic E-state index is 8.74. The summed E-state index contributed by atoms with van der Waals surface area (Å²) >= 11 is 0. The maximum Gasteiger partial charge on any atom is 0.149 e. The SMILES string of the molecule is CC(Nc1ncc(C#N)cc1N)C1CCCC1. The zero-order chi connectivity index (χ0) is 12.3. The van der Waals surface area contributed by atoms with Crippen molar-refractivity contribution in [2.45, 2.75) is 38.6 Å². The Kier molecular flexibility index (Phi) is 3.48. The molecule has 90 valence electrons. The molecule has 1 aromatic rings. The number of rotatable bonds is 3. The predicted octanol–water partition coefficient (Wildman–Crippen LogP) is 2.53. The van der Waals surface area contributed by atoms with Crippen molar-refractivity contribution in [2.24, 2.45) is 5.92 Å². The molecule has 2 rings (SSSR count). The van der Waals surface area contributed by atoms with Gasteiger partial charge in [-0.05, 0) is 31.7 Å². The van der Waals surface area contributed by atoms with Crippen molar-refractivity contribution in [1.82, 2.24) is 4.98 Å². The second kappa shape index (κ2) is 5.05. The highest BCUT2D eigenvalue weighted by atomic mass is 15.0. The molecule has 1 aromatic heterocycles. The summed E-state index contributed by atoms with van der Waals surface area (Å²) in [6.45, 7) is 2.18. The van der Waals surface area contributed by atoms with Gasteiger partial charge in [-0.25, -0.2) is 4.98 Å². The topological polar surface area (TPSA) is 74.7 Å². The molecule has 1 unspecified atom stereocenters. The third-order valence-electron chi connectivity index (χ3n) is 3.52. The number of pyridine rings is 1. The maximum atomic E-state index is 8.74. The molecule has 0 saturated heterocycles. The average molecular weight is 230 g/mol. The van der Waals surface area contributed by atoms with E-state index >= 15 is 0 Å². The van der Waals surface area contributed by atoms with Gasteiger partial charge in [-0.3, -0.25) is 0 Å². The van der Waals surface area contributed by atoms with Crippen molar-refractivity contribution >= 4 is 11.5 Å². The van der Waals surface area contributed by atoms with Gasteiger partial charge < -0.3 is 11.1 Å². The van der Waals surface area contributed by atoms with E-state index in [1.807, 2.05) is 6.07 Å². The molecule has 0 aliphatic heterocycles. The Balaban J connectivity index is 2.05. The molecule has 4 nitrogen and oxygen atoms in total. The number of hydrogen-bond donors (Lipinski definition) is 2. The molecule has 1 aliphatic carbocycles. The molecule has 0 aromatic carbocycles. The van der Waals surface area contributed by atoms with Crippen LogP contribution in [-0.4, -0.2) is 11.0 Å². The van der Waals surface area contributed by atoms with Crippen LogP contribution in [0.2, 0.25) is 0 Å². The quantitative estimate of drug-likeness (QED) is 0.836. The lowest BCUT2D eigenvalue weighted by Gasteiger charge is -2.21. The lowest BCUT2D eigenvalue weighted by molar-refractivity contribution is 0.481. The van der Waals surface area contributed by atoms with Gasteiger partial charge in [0.1, 0.15) is 11.9 Å². The highest BCUT2D eigenvalue weighted by molar-refractivity contribution is 5.63. The molecule has 1 atom stereocenters. The van der Waals surface area contributed by atoms with Crippen LogP contribution in [0.5, 0.6) is 0 Å². The summed E-state index contributed by atoms with van der Waals surface area (Å²) in [5.74, 6) is 1.41. The summed E-state index contributed by atoms with van der Waals surface area (Å²) in [6.07, 6.45) is 6.77. The van der Waals surface area contributed by atoms with Crippen molar-refractivity contribution < 1.29 is 0 Å². The number of nitriles is 1. The molecular weight excluding hydrogens is 212 g/mol. The number of nitrogen functional groups attached to an aromatic ring is 1. The number of aromatic nitrogens is 1. The van der Waals surface area contributed by atoms with Crippen LogP contribution in [0.1, 0.15) is 38.2 Å². The van der Waals surface area contributed by atoms with Crippen LogP contribution in [0, 0.1) is 17.2 Å². The number of anilines is 2. The Morgan fingerprint density at radius 2 is 2.24 bits per heavy atom. The number of nitrogens with two attached hydrogens (primary N) is 1. The molecule has 0 amide bonds. The van der Waals surface area contributed by atoms with Crippen LogP contribution in [-0.2, 0) is 0 Å². The molecule has 0 bridgehead atoms. The predicted molar refractivity (Wildman–Crippen MR) is 68.4 cm³/mol. The third kappa shape index (κ3) is 2.68. The van der Waals surface area contributed by atoms with Gasteiger partial charge in [0.15, 0.2) is 0 Å². The van der Waals surface area contributed by atoms with Crippen molar-refractivity contribution in [3.8, 4) is 6.07 Å². The summed E-state index contributed by atoms with van der Waals surface area (Å²) < 4.78 is 0. The molecule has 17 heavy (non-hydrogen) atoms. The Hall–Kier alpha value is -1.76. The van der Waals surface area contributed by atoms with Gasteiger partial charge in [-0.15, -0.1) is 0 Å². The molecule has 4 heteroatoms. The van der Waals surface area contributed by atoms with Gasteiger partial charge in [0.2, 0.25) is 0 Å². The van der Waals surface area contributed by atoms with Gasteiger partial charge in [0.25, 0.3) is 0 Å². The molecule has 1 heterocycles. The van der Waals surface area contributed by atoms with Crippen molar-refractivity contribution in [3.63, 3.8) is 0 Å². The summed E-state index contributed by atoms with van der Waals surface area (Å²) in [6, 6.07) is 4.09. The van der Waals surface area contributed by atoms with E-state index in [2.05, 4.69) is 17.2 Å². The minimum absolute atomic E-state index is 0.389. The van der Waals surface area contributed by atoms with Crippen molar-refractivity contribution in [2.75, 3.05) is 11.1 Å². The van der Waals surface area contributed by atoms with E-state index in [1.54, 1.807) is 12.3 Å². The fraction of sp³-hybridized carbons (Fsp3) is 0.538. The first-order chi connectivity index (χ1) is 8.20. The van der Waals surface area contributed by atoms with Crippen molar-refractivity contribution in [3.05, 3.63) is 17.8 Å². The molecule has 3 N–H and O–H groups in total. The minimum atomic E-state index is 0.389. The fourth-order valence-corrected chi connectivity index (χ4v) is 2.45. The fourth-order valence-electron chi connectivity index (χ4n) is 2.45. The largest absolute Gasteiger partial charge is 0.396 e. The first-order valence-electron chi connectivity index (χ1n) is 6.13. The monoisotopic (exact) mass is 230 g/mol. The van der Waals surface area contributed by atoms with Gasteiger partial charge in [0, 0.05) is 12.2 Å². The van der Waals surface area contributed by atoms with Crippen LogP contribution in [0.4, 0.5) is 11.5 Å². The van der Waals surface area contributed by atoms with Crippen molar-refractivity contribution in [1.29, 1.82) is 5.26 Å². The third-order valence-corrected chi connectivity index (χ3v) is 3.52. The highest BCUT2D eigenvalue weighted by Gasteiger charge is 2.22. The first kappa shape index (κ1) is 11.7. The Bertz CT molecular complexity index is 430. The van der Waals surface area contributed by atoms with E-state index < -0.39 is 0 Å². The summed E-state index contributed by atoms with van der Waals surface area (Å²) in [5, 5.41) is 12.1. The minimum Gasteiger partial charge on any atom is -0.396 e. The van der Waals surface area contributed by atoms with Crippen LogP contribution in [0.25, 0.3) is 0 Å². The van der Waals surface area contributed by atoms with Gasteiger partial charge in [-0.1, -0.05) is 12.8 Å². The first-order valence-corrected chi connectivity index (χ1v) is 6.13. The van der Waals surface area contributed by atoms with E-state index in [9.17, 15) is 0 Å². The van der Waals surface area contributed by atoms with E-state index in [0.29, 0.717) is 29.0 Å². The summed E-state index contributed by atoms with van der Waals surface area (Å²) in [7, 11) is 0. The summed E-state index contributed by atoms with van der Waals surface area (Å²) in [5.41, 5.74) is 6.92. The summed E-state index contributed by atoms with van der Waals surface area (Å²) in [4.78, 5) is 4.20. The van der Waals surface area contributed by atoms with Crippen LogP contribution < -0.4 is 11.1 Å². The Labute approximate surface area is 102 Å². The van der Waals surface area contributed by atoms with Gasteiger partial charge in [-0.2, -0.15) is 5.26 Å². The smallest absolute Gasteiger partial charge is 0.149 e.